The van der Waals surface area contributed by atoms with Crippen molar-refractivity contribution < 1.29 is 9.47 Å². The molecular weight excluding hydrogens is 240 g/mol. The number of nitrogens with one attached hydrogen (secondary N) is 1. The number of hydrazine groups is 1. The van der Waals surface area contributed by atoms with Crippen molar-refractivity contribution in [1.82, 2.24) is 5.43 Å². The summed E-state index contributed by atoms with van der Waals surface area (Å²) in [6.07, 6.45) is 4.18. The van der Waals surface area contributed by atoms with Crippen molar-refractivity contribution in [3.05, 3.63) is 29.8 Å². The summed E-state index contributed by atoms with van der Waals surface area (Å²) in [7, 11) is 1.70. The van der Waals surface area contributed by atoms with Gasteiger partial charge in [-0.1, -0.05) is 18.2 Å². The zero-order valence-corrected chi connectivity index (χ0v) is 11.8. The Kier molecular flexibility index (Phi) is 4.80. The van der Waals surface area contributed by atoms with Crippen LogP contribution in [0.5, 0.6) is 5.75 Å². The van der Waals surface area contributed by atoms with Gasteiger partial charge in [-0.25, -0.2) is 0 Å². The highest BCUT2D eigenvalue weighted by Crippen LogP contribution is 2.31. The Morgan fingerprint density at radius 3 is 2.84 bits per heavy atom. The number of ether oxygens (including phenoxy) is 2. The second kappa shape index (κ2) is 6.37. The third kappa shape index (κ3) is 3.26. The maximum atomic E-state index is 5.98. The molecule has 1 aromatic rings. The Balaban J connectivity index is 2.14. The van der Waals surface area contributed by atoms with Crippen molar-refractivity contribution in [2.24, 2.45) is 5.84 Å². The molecule has 2 rings (SSSR count). The van der Waals surface area contributed by atoms with E-state index in [-0.39, 0.29) is 11.6 Å². The van der Waals surface area contributed by atoms with Crippen LogP contribution in [0.2, 0.25) is 0 Å². The molecule has 1 aliphatic heterocycles. The van der Waals surface area contributed by atoms with Crippen LogP contribution in [0.4, 0.5) is 0 Å². The molecule has 2 atom stereocenters. The van der Waals surface area contributed by atoms with Crippen molar-refractivity contribution >= 4 is 0 Å². The molecule has 0 saturated carbocycles. The van der Waals surface area contributed by atoms with E-state index in [0.29, 0.717) is 0 Å². The predicted molar refractivity (Wildman–Crippen MR) is 76.0 cm³/mol. The van der Waals surface area contributed by atoms with E-state index in [1.165, 1.54) is 6.42 Å². The summed E-state index contributed by atoms with van der Waals surface area (Å²) in [4.78, 5) is 0. The van der Waals surface area contributed by atoms with E-state index in [1.807, 2.05) is 18.2 Å². The fraction of sp³-hybridized carbons (Fsp3) is 0.600. The largest absolute Gasteiger partial charge is 0.496 e. The molecule has 0 aliphatic carbocycles. The lowest BCUT2D eigenvalue weighted by atomic mass is 9.85. The average Bonchev–Trinajstić information content (AvgIpc) is 2.45. The molecule has 3 N–H and O–H groups in total. The fourth-order valence-corrected chi connectivity index (χ4v) is 2.77. The minimum atomic E-state index is -0.201. The second-order valence-electron chi connectivity index (χ2n) is 5.35. The highest BCUT2D eigenvalue weighted by Gasteiger charge is 2.36. The van der Waals surface area contributed by atoms with Gasteiger partial charge in [0.15, 0.2) is 0 Å². The number of para-hydroxylation sites is 1. The molecule has 4 heteroatoms. The van der Waals surface area contributed by atoms with Crippen LogP contribution in [-0.4, -0.2) is 25.4 Å². The SMILES string of the molecule is COc1ccccc1CC(NN)C1(C)CCCCO1. The van der Waals surface area contributed by atoms with Crippen LogP contribution in [0.1, 0.15) is 31.7 Å². The molecule has 106 valence electrons. The van der Waals surface area contributed by atoms with Crippen molar-refractivity contribution in [3.63, 3.8) is 0 Å². The van der Waals surface area contributed by atoms with Crippen LogP contribution in [0, 0.1) is 0 Å². The van der Waals surface area contributed by atoms with Gasteiger partial charge < -0.3 is 9.47 Å². The number of hydrogen-bond acceptors (Lipinski definition) is 4. The van der Waals surface area contributed by atoms with Crippen LogP contribution in [0.25, 0.3) is 0 Å². The monoisotopic (exact) mass is 264 g/mol. The molecule has 1 saturated heterocycles. The van der Waals surface area contributed by atoms with E-state index in [4.69, 9.17) is 15.3 Å². The second-order valence-corrected chi connectivity index (χ2v) is 5.35. The average molecular weight is 264 g/mol. The highest BCUT2D eigenvalue weighted by atomic mass is 16.5. The Morgan fingerprint density at radius 2 is 2.21 bits per heavy atom. The summed E-state index contributed by atoms with van der Waals surface area (Å²) in [5.41, 5.74) is 3.89. The standard InChI is InChI=1S/C15H24N2O2/c1-15(9-5-6-10-19-15)14(17-16)11-12-7-3-4-8-13(12)18-2/h3-4,7-8,14,17H,5-6,9-11,16H2,1-2H3. The van der Waals surface area contributed by atoms with Gasteiger partial charge in [-0.3, -0.25) is 11.3 Å². The molecule has 1 fully saturated rings. The van der Waals surface area contributed by atoms with E-state index in [2.05, 4.69) is 18.4 Å². The first kappa shape index (κ1) is 14.3. The molecule has 0 spiro atoms. The first-order valence-electron chi connectivity index (χ1n) is 6.91. The lowest BCUT2D eigenvalue weighted by molar-refractivity contribution is -0.0885. The fourth-order valence-electron chi connectivity index (χ4n) is 2.77. The summed E-state index contributed by atoms with van der Waals surface area (Å²) in [5, 5.41) is 0. The maximum absolute atomic E-state index is 5.98. The topological polar surface area (TPSA) is 56.5 Å². The minimum Gasteiger partial charge on any atom is -0.496 e. The van der Waals surface area contributed by atoms with Gasteiger partial charge in [-0.2, -0.15) is 0 Å². The van der Waals surface area contributed by atoms with Gasteiger partial charge in [0.1, 0.15) is 5.75 Å². The molecule has 0 aromatic heterocycles. The van der Waals surface area contributed by atoms with E-state index < -0.39 is 0 Å². The van der Waals surface area contributed by atoms with E-state index in [9.17, 15) is 0 Å². The Labute approximate surface area is 115 Å². The van der Waals surface area contributed by atoms with Crippen molar-refractivity contribution in [3.8, 4) is 5.75 Å². The predicted octanol–water partition coefficient (Wildman–Crippen LogP) is 2.03. The molecule has 0 bridgehead atoms. The number of rotatable bonds is 5. The first-order chi connectivity index (χ1) is 9.19. The molecule has 0 radical (unpaired) electrons. The smallest absolute Gasteiger partial charge is 0.122 e. The molecule has 19 heavy (non-hydrogen) atoms. The van der Waals surface area contributed by atoms with Crippen LogP contribution in [0.15, 0.2) is 24.3 Å². The van der Waals surface area contributed by atoms with Crippen LogP contribution >= 0.6 is 0 Å². The lowest BCUT2D eigenvalue weighted by Crippen LogP contribution is -2.55. The summed E-state index contributed by atoms with van der Waals surface area (Å²) in [5.74, 6) is 6.66. The normalized spacial score (nSPS) is 25.0. The number of benzene rings is 1. The third-order valence-corrected chi connectivity index (χ3v) is 4.05. The molecule has 0 amide bonds. The van der Waals surface area contributed by atoms with Gasteiger partial charge in [0.25, 0.3) is 0 Å². The van der Waals surface area contributed by atoms with Gasteiger partial charge in [0.05, 0.1) is 18.8 Å². The molecule has 2 unspecified atom stereocenters. The zero-order chi connectivity index (χ0) is 13.7. The zero-order valence-electron chi connectivity index (χ0n) is 11.8. The molecule has 1 aliphatic rings. The van der Waals surface area contributed by atoms with Gasteiger partial charge in [-0.15, -0.1) is 0 Å². The van der Waals surface area contributed by atoms with Crippen LogP contribution < -0.4 is 16.0 Å². The van der Waals surface area contributed by atoms with E-state index in [1.54, 1.807) is 7.11 Å². The Bertz CT molecular complexity index is 403. The van der Waals surface area contributed by atoms with Crippen LogP contribution in [0.3, 0.4) is 0 Å². The molecule has 1 heterocycles. The van der Waals surface area contributed by atoms with E-state index in [0.717, 1.165) is 37.2 Å². The molecule has 1 aromatic carbocycles. The lowest BCUT2D eigenvalue weighted by Gasteiger charge is -2.40. The number of methoxy groups -OCH3 is 1. The highest BCUT2D eigenvalue weighted by molar-refractivity contribution is 5.34. The van der Waals surface area contributed by atoms with Crippen LogP contribution in [-0.2, 0) is 11.2 Å². The maximum Gasteiger partial charge on any atom is 0.122 e. The number of nitrogens with two attached hydrogens (primary N) is 1. The van der Waals surface area contributed by atoms with Crippen molar-refractivity contribution in [2.75, 3.05) is 13.7 Å². The Hall–Kier alpha value is -1.10. The molecule has 4 nitrogen and oxygen atoms in total. The quantitative estimate of drug-likeness (QED) is 0.631. The summed E-state index contributed by atoms with van der Waals surface area (Å²) < 4.78 is 11.4. The van der Waals surface area contributed by atoms with Gasteiger partial charge in [0.2, 0.25) is 0 Å². The Morgan fingerprint density at radius 1 is 1.42 bits per heavy atom. The van der Waals surface area contributed by atoms with Crippen molar-refractivity contribution in [2.45, 2.75) is 44.2 Å². The van der Waals surface area contributed by atoms with E-state index >= 15 is 0 Å². The minimum absolute atomic E-state index is 0.0871. The number of hydrogen-bond donors (Lipinski definition) is 2. The molecular formula is C15H24N2O2. The summed E-state index contributed by atoms with van der Waals surface area (Å²) in [6.45, 7) is 2.96. The van der Waals surface area contributed by atoms with Gasteiger partial charge in [-0.05, 0) is 44.2 Å². The van der Waals surface area contributed by atoms with Gasteiger partial charge in [0, 0.05) is 6.61 Å². The summed E-state index contributed by atoms with van der Waals surface area (Å²) in [6, 6.07) is 8.15. The van der Waals surface area contributed by atoms with Crippen molar-refractivity contribution in [1.29, 1.82) is 0 Å². The first-order valence-corrected chi connectivity index (χ1v) is 6.91. The summed E-state index contributed by atoms with van der Waals surface area (Å²) >= 11 is 0. The van der Waals surface area contributed by atoms with Gasteiger partial charge >= 0.3 is 0 Å². The third-order valence-electron chi connectivity index (χ3n) is 4.05.